The molecule has 2 aliphatic carbocycles. The third-order valence-electron chi connectivity index (χ3n) is 3.34. The number of esters is 1. The maximum absolute atomic E-state index is 11.5. The summed E-state index contributed by atoms with van der Waals surface area (Å²) in [5, 5.41) is 0. The molecule has 0 aliphatic heterocycles. The number of ether oxygens (including phenoxy) is 1. The van der Waals surface area contributed by atoms with Gasteiger partial charge in [-0.2, -0.15) is 0 Å². The molecule has 0 spiro atoms. The molecule has 2 nitrogen and oxygen atoms in total. The highest BCUT2D eigenvalue weighted by atomic mass is 16.5. The molecule has 12 heavy (non-hydrogen) atoms. The zero-order valence-electron chi connectivity index (χ0n) is 7.64. The van der Waals surface area contributed by atoms with Crippen LogP contribution >= 0.6 is 0 Å². The second-order valence-corrected chi connectivity index (χ2v) is 4.02. The molecule has 0 aromatic carbocycles. The zero-order valence-corrected chi connectivity index (χ0v) is 7.64. The van der Waals surface area contributed by atoms with E-state index in [0.29, 0.717) is 12.5 Å². The Morgan fingerprint density at radius 1 is 1.58 bits per heavy atom. The highest BCUT2D eigenvalue weighted by Gasteiger charge is 2.61. The molecule has 2 heteroatoms. The van der Waals surface area contributed by atoms with Gasteiger partial charge in [0.05, 0.1) is 12.0 Å². The van der Waals surface area contributed by atoms with E-state index in [1.807, 2.05) is 6.92 Å². The van der Waals surface area contributed by atoms with Gasteiger partial charge in [0.15, 0.2) is 0 Å². The Balaban J connectivity index is 1.98. The third kappa shape index (κ3) is 1.05. The third-order valence-corrected chi connectivity index (χ3v) is 3.34. The second-order valence-electron chi connectivity index (χ2n) is 4.02. The fourth-order valence-electron chi connectivity index (χ4n) is 2.52. The maximum Gasteiger partial charge on any atom is 0.312 e. The Bertz CT molecular complexity index is 200. The van der Waals surface area contributed by atoms with E-state index >= 15 is 0 Å². The average Bonchev–Trinajstić information content (AvgIpc) is 2.79. The van der Waals surface area contributed by atoms with Crippen LogP contribution in [-0.2, 0) is 9.53 Å². The minimum Gasteiger partial charge on any atom is -0.466 e. The van der Waals surface area contributed by atoms with Gasteiger partial charge in [-0.15, -0.1) is 0 Å². The van der Waals surface area contributed by atoms with E-state index in [9.17, 15) is 4.79 Å². The van der Waals surface area contributed by atoms with Crippen molar-refractivity contribution in [3.05, 3.63) is 0 Å². The fraction of sp³-hybridized carbons (Fsp3) is 0.900. The van der Waals surface area contributed by atoms with Crippen LogP contribution in [0.3, 0.4) is 0 Å². The summed E-state index contributed by atoms with van der Waals surface area (Å²) < 4.78 is 5.09. The van der Waals surface area contributed by atoms with Crippen molar-refractivity contribution in [3.63, 3.8) is 0 Å². The summed E-state index contributed by atoms with van der Waals surface area (Å²) in [6.07, 6.45) is 5.96. The molecular formula is C10H16O2. The molecule has 0 unspecified atom stereocenters. The number of rotatable bonds is 2. The molecule has 2 fully saturated rings. The number of hydrogen-bond acceptors (Lipinski definition) is 2. The van der Waals surface area contributed by atoms with E-state index in [1.165, 1.54) is 19.3 Å². The van der Waals surface area contributed by atoms with Gasteiger partial charge in [-0.05, 0) is 32.1 Å². The van der Waals surface area contributed by atoms with E-state index in [4.69, 9.17) is 4.74 Å². The summed E-state index contributed by atoms with van der Waals surface area (Å²) >= 11 is 0. The van der Waals surface area contributed by atoms with Gasteiger partial charge in [-0.1, -0.05) is 12.8 Å². The summed E-state index contributed by atoms with van der Waals surface area (Å²) in [5.74, 6) is 0.750. The second kappa shape index (κ2) is 2.75. The molecule has 0 heterocycles. The average molecular weight is 168 g/mol. The van der Waals surface area contributed by atoms with Crippen molar-refractivity contribution in [1.29, 1.82) is 0 Å². The van der Waals surface area contributed by atoms with Crippen molar-refractivity contribution < 1.29 is 9.53 Å². The number of hydrogen-bond donors (Lipinski definition) is 0. The zero-order chi connectivity index (χ0) is 8.60. The highest BCUT2D eigenvalue weighted by molar-refractivity contribution is 5.80. The first-order valence-corrected chi connectivity index (χ1v) is 4.97. The molecule has 0 N–H and O–H groups in total. The van der Waals surface area contributed by atoms with E-state index in [-0.39, 0.29) is 11.4 Å². The normalized spacial score (nSPS) is 38.6. The molecule has 0 amide bonds. The summed E-state index contributed by atoms with van der Waals surface area (Å²) in [6, 6.07) is 0. The molecule has 2 aliphatic rings. The molecule has 0 radical (unpaired) electrons. The Kier molecular flexibility index (Phi) is 1.85. The topological polar surface area (TPSA) is 26.3 Å². The van der Waals surface area contributed by atoms with Crippen molar-refractivity contribution >= 4 is 5.97 Å². The van der Waals surface area contributed by atoms with Crippen molar-refractivity contribution in [2.45, 2.75) is 39.0 Å². The van der Waals surface area contributed by atoms with Gasteiger partial charge in [-0.3, -0.25) is 4.79 Å². The number of carbonyl (C=O) groups excluding carboxylic acids is 1. The maximum atomic E-state index is 11.5. The van der Waals surface area contributed by atoms with Gasteiger partial charge in [0.25, 0.3) is 0 Å². The van der Waals surface area contributed by atoms with Crippen LogP contribution < -0.4 is 0 Å². The molecule has 2 rings (SSSR count). The minimum atomic E-state index is -0.00569. The first-order valence-electron chi connectivity index (χ1n) is 4.97. The molecule has 2 saturated carbocycles. The van der Waals surface area contributed by atoms with Gasteiger partial charge in [0.2, 0.25) is 0 Å². The first kappa shape index (κ1) is 8.09. The van der Waals surface area contributed by atoms with Crippen LogP contribution in [0.25, 0.3) is 0 Å². The predicted octanol–water partition coefficient (Wildman–Crippen LogP) is 2.13. The van der Waals surface area contributed by atoms with Gasteiger partial charge in [0.1, 0.15) is 0 Å². The molecule has 0 aromatic heterocycles. The quantitative estimate of drug-likeness (QED) is 0.590. The number of carbonyl (C=O) groups is 1. The van der Waals surface area contributed by atoms with E-state index in [2.05, 4.69) is 0 Å². The van der Waals surface area contributed by atoms with Crippen molar-refractivity contribution in [2.75, 3.05) is 6.61 Å². The van der Waals surface area contributed by atoms with Crippen LogP contribution in [0.15, 0.2) is 0 Å². The molecule has 2 atom stereocenters. The number of fused-ring (bicyclic) bond motifs is 1. The van der Waals surface area contributed by atoms with E-state index in [1.54, 1.807) is 0 Å². The van der Waals surface area contributed by atoms with Gasteiger partial charge in [0, 0.05) is 0 Å². The smallest absolute Gasteiger partial charge is 0.312 e. The monoisotopic (exact) mass is 168 g/mol. The van der Waals surface area contributed by atoms with E-state index < -0.39 is 0 Å². The van der Waals surface area contributed by atoms with Gasteiger partial charge < -0.3 is 4.74 Å². The standard InChI is InChI=1S/C10H16O2/c1-2-12-9(11)10-6-4-3-5-8(10)7-10/h8H,2-7H2,1H3/t8-,10-/m0/s1. The Hall–Kier alpha value is -0.530. The Morgan fingerprint density at radius 2 is 2.42 bits per heavy atom. The molecule has 0 saturated heterocycles. The largest absolute Gasteiger partial charge is 0.466 e. The lowest BCUT2D eigenvalue weighted by Crippen LogP contribution is -2.23. The van der Waals surface area contributed by atoms with Gasteiger partial charge in [-0.25, -0.2) is 0 Å². The highest BCUT2D eigenvalue weighted by Crippen LogP contribution is 2.61. The summed E-state index contributed by atoms with van der Waals surface area (Å²) in [7, 11) is 0. The Morgan fingerprint density at radius 3 is 3.08 bits per heavy atom. The van der Waals surface area contributed by atoms with Crippen LogP contribution in [0.1, 0.15) is 39.0 Å². The summed E-state index contributed by atoms with van der Waals surface area (Å²) in [6.45, 7) is 2.42. The van der Waals surface area contributed by atoms with Crippen LogP contribution in [0, 0.1) is 11.3 Å². The molecule has 68 valence electrons. The summed E-state index contributed by atoms with van der Waals surface area (Å²) in [5.41, 5.74) is -0.00569. The van der Waals surface area contributed by atoms with Crippen LogP contribution in [0.4, 0.5) is 0 Å². The molecule has 0 bridgehead atoms. The minimum absolute atomic E-state index is 0.00569. The first-order chi connectivity index (χ1) is 5.79. The van der Waals surface area contributed by atoms with Crippen LogP contribution in [0.2, 0.25) is 0 Å². The summed E-state index contributed by atoms with van der Waals surface area (Å²) in [4.78, 5) is 11.5. The van der Waals surface area contributed by atoms with Crippen molar-refractivity contribution in [2.24, 2.45) is 11.3 Å². The van der Waals surface area contributed by atoms with Crippen molar-refractivity contribution in [1.82, 2.24) is 0 Å². The van der Waals surface area contributed by atoms with Crippen molar-refractivity contribution in [3.8, 4) is 0 Å². The SMILES string of the molecule is CCOC(=O)[C@]12CCCC[C@H]1C2. The molecule has 0 aromatic rings. The van der Waals surface area contributed by atoms with E-state index in [0.717, 1.165) is 12.8 Å². The van der Waals surface area contributed by atoms with Crippen LogP contribution in [0.5, 0.6) is 0 Å². The lowest BCUT2D eigenvalue weighted by molar-refractivity contribution is -0.151. The van der Waals surface area contributed by atoms with Gasteiger partial charge >= 0.3 is 5.97 Å². The lowest BCUT2D eigenvalue weighted by Gasteiger charge is -2.19. The Labute approximate surface area is 73.3 Å². The van der Waals surface area contributed by atoms with Crippen LogP contribution in [-0.4, -0.2) is 12.6 Å². The lowest BCUT2D eigenvalue weighted by atomic mass is 9.88. The fourth-order valence-corrected chi connectivity index (χ4v) is 2.52. The molecular weight excluding hydrogens is 152 g/mol. The predicted molar refractivity (Wildman–Crippen MR) is 45.6 cm³/mol.